The molecule has 1 aromatic carbocycles. The summed E-state index contributed by atoms with van der Waals surface area (Å²) in [7, 11) is 1.32. The zero-order valence-corrected chi connectivity index (χ0v) is 8.39. The molecule has 0 amide bonds. The molecule has 0 unspecified atom stereocenters. The molecule has 0 saturated carbocycles. The van der Waals surface area contributed by atoms with Crippen molar-refractivity contribution in [3.63, 3.8) is 0 Å². The van der Waals surface area contributed by atoms with Gasteiger partial charge in [-0.1, -0.05) is 16.7 Å². The van der Waals surface area contributed by atoms with Crippen molar-refractivity contribution in [2.45, 2.75) is 0 Å². The lowest BCUT2D eigenvalue weighted by Gasteiger charge is -2.06. The summed E-state index contributed by atoms with van der Waals surface area (Å²) < 4.78 is 4.83. The van der Waals surface area contributed by atoms with Crippen LogP contribution < -0.4 is 4.74 Å². The molecule has 0 saturated heterocycles. The fourth-order valence-corrected chi connectivity index (χ4v) is 1.20. The van der Waals surface area contributed by atoms with E-state index in [1.807, 2.05) is 0 Å². The SMILES string of the molecule is COc1cc(N=[N+]=[N-])c(Cl)cc1C(=O)O. The molecule has 78 valence electrons. The van der Waals surface area contributed by atoms with E-state index in [9.17, 15) is 4.79 Å². The van der Waals surface area contributed by atoms with Gasteiger partial charge in [0.05, 0.1) is 17.8 Å². The third kappa shape index (κ3) is 2.31. The Morgan fingerprint density at radius 3 is 2.80 bits per heavy atom. The molecule has 1 aromatic rings. The van der Waals surface area contributed by atoms with E-state index >= 15 is 0 Å². The molecule has 0 atom stereocenters. The van der Waals surface area contributed by atoms with Crippen molar-refractivity contribution in [1.29, 1.82) is 0 Å². The van der Waals surface area contributed by atoms with Crippen molar-refractivity contribution in [1.82, 2.24) is 0 Å². The molecule has 0 aliphatic rings. The topological polar surface area (TPSA) is 95.3 Å². The van der Waals surface area contributed by atoms with Gasteiger partial charge >= 0.3 is 5.97 Å². The van der Waals surface area contributed by atoms with Crippen LogP contribution in [0.4, 0.5) is 5.69 Å². The fourth-order valence-electron chi connectivity index (χ4n) is 1.00. The number of nitrogens with zero attached hydrogens (tertiary/aromatic N) is 3. The van der Waals surface area contributed by atoms with Gasteiger partial charge in [-0.05, 0) is 17.7 Å². The third-order valence-electron chi connectivity index (χ3n) is 1.65. The van der Waals surface area contributed by atoms with Crippen molar-refractivity contribution in [2.75, 3.05) is 7.11 Å². The first-order chi connectivity index (χ1) is 7.10. The Bertz CT molecular complexity index is 455. The molecule has 0 aliphatic heterocycles. The lowest BCUT2D eigenvalue weighted by atomic mass is 10.2. The molecule has 0 bridgehead atoms. The highest BCUT2D eigenvalue weighted by Crippen LogP contribution is 2.32. The number of aromatic carboxylic acids is 1. The number of hydrogen-bond donors (Lipinski definition) is 1. The second-order valence-electron chi connectivity index (χ2n) is 2.50. The van der Waals surface area contributed by atoms with E-state index in [-0.39, 0.29) is 22.0 Å². The Kier molecular flexibility index (Phi) is 3.38. The second-order valence-corrected chi connectivity index (χ2v) is 2.91. The third-order valence-corrected chi connectivity index (χ3v) is 1.95. The summed E-state index contributed by atoms with van der Waals surface area (Å²) in [6.07, 6.45) is 0. The number of azide groups is 1. The van der Waals surface area contributed by atoms with Crippen LogP contribution in [0.1, 0.15) is 10.4 Å². The van der Waals surface area contributed by atoms with Crippen LogP contribution in [-0.2, 0) is 0 Å². The Balaban J connectivity index is 3.41. The van der Waals surface area contributed by atoms with Gasteiger partial charge in [0.1, 0.15) is 11.3 Å². The highest BCUT2D eigenvalue weighted by molar-refractivity contribution is 6.33. The van der Waals surface area contributed by atoms with Crippen LogP contribution in [0.15, 0.2) is 17.2 Å². The smallest absolute Gasteiger partial charge is 0.339 e. The van der Waals surface area contributed by atoms with E-state index in [2.05, 4.69) is 10.0 Å². The zero-order chi connectivity index (χ0) is 11.4. The fraction of sp³-hybridized carbons (Fsp3) is 0.125. The number of benzene rings is 1. The highest BCUT2D eigenvalue weighted by atomic mass is 35.5. The maximum atomic E-state index is 10.8. The summed E-state index contributed by atoms with van der Waals surface area (Å²) in [5, 5.41) is 12.2. The number of methoxy groups -OCH3 is 1. The summed E-state index contributed by atoms with van der Waals surface area (Å²) in [4.78, 5) is 13.3. The number of halogens is 1. The minimum atomic E-state index is -1.17. The normalized spacial score (nSPS) is 9.20. The highest BCUT2D eigenvalue weighted by Gasteiger charge is 2.13. The number of rotatable bonds is 3. The molecular weight excluding hydrogens is 222 g/mol. The Morgan fingerprint density at radius 2 is 2.33 bits per heavy atom. The number of carboxylic acids is 1. The van der Waals surface area contributed by atoms with Crippen molar-refractivity contribution in [2.24, 2.45) is 5.11 Å². The van der Waals surface area contributed by atoms with Crippen LogP contribution in [0.5, 0.6) is 5.75 Å². The van der Waals surface area contributed by atoms with Crippen LogP contribution in [0.2, 0.25) is 5.02 Å². The van der Waals surface area contributed by atoms with Gasteiger partial charge in [0.2, 0.25) is 0 Å². The summed E-state index contributed by atoms with van der Waals surface area (Å²) >= 11 is 5.70. The standard InChI is InChI=1S/C8H6ClN3O3/c1-15-7-3-6(11-12-10)5(9)2-4(7)8(13)14/h2-3H,1H3,(H,13,14). The predicted octanol–water partition coefficient (Wildman–Crippen LogP) is 2.99. The van der Waals surface area contributed by atoms with Crippen LogP contribution in [0, 0.1) is 0 Å². The molecule has 0 heterocycles. The van der Waals surface area contributed by atoms with E-state index < -0.39 is 5.97 Å². The molecule has 6 nitrogen and oxygen atoms in total. The molecular formula is C8H6ClN3O3. The van der Waals surface area contributed by atoms with Gasteiger partial charge in [0.15, 0.2) is 0 Å². The van der Waals surface area contributed by atoms with Gasteiger partial charge in [-0.15, -0.1) is 0 Å². The summed E-state index contributed by atoms with van der Waals surface area (Å²) in [5.41, 5.74) is 8.27. The zero-order valence-electron chi connectivity index (χ0n) is 7.64. The lowest BCUT2D eigenvalue weighted by Crippen LogP contribution is -2.00. The minimum absolute atomic E-state index is 0.0611. The largest absolute Gasteiger partial charge is 0.496 e. The van der Waals surface area contributed by atoms with Crippen LogP contribution in [0.3, 0.4) is 0 Å². The summed E-state index contributed by atoms with van der Waals surface area (Å²) in [5.74, 6) is -1.07. The van der Waals surface area contributed by atoms with E-state index in [1.165, 1.54) is 19.2 Å². The van der Waals surface area contributed by atoms with Gasteiger partial charge in [-0.2, -0.15) is 0 Å². The Morgan fingerprint density at radius 1 is 1.67 bits per heavy atom. The number of carbonyl (C=O) groups is 1. The first kappa shape index (κ1) is 11.2. The van der Waals surface area contributed by atoms with Crippen LogP contribution in [0.25, 0.3) is 10.4 Å². The maximum absolute atomic E-state index is 10.8. The molecule has 0 spiro atoms. The number of hydrogen-bond acceptors (Lipinski definition) is 3. The maximum Gasteiger partial charge on any atom is 0.339 e. The molecule has 0 aliphatic carbocycles. The lowest BCUT2D eigenvalue weighted by molar-refractivity contribution is 0.0693. The van der Waals surface area contributed by atoms with Crippen molar-refractivity contribution in [3.8, 4) is 5.75 Å². The molecule has 15 heavy (non-hydrogen) atoms. The van der Waals surface area contributed by atoms with Crippen LogP contribution >= 0.6 is 11.6 Å². The molecule has 0 aromatic heterocycles. The average molecular weight is 228 g/mol. The van der Waals surface area contributed by atoms with Crippen molar-refractivity contribution in [3.05, 3.63) is 33.2 Å². The monoisotopic (exact) mass is 227 g/mol. The molecule has 0 fully saturated rings. The van der Waals surface area contributed by atoms with Gasteiger partial charge in [0.25, 0.3) is 0 Å². The minimum Gasteiger partial charge on any atom is -0.496 e. The average Bonchev–Trinajstić information content (AvgIpc) is 2.20. The Hall–Kier alpha value is -1.91. The van der Waals surface area contributed by atoms with Gasteiger partial charge in [0, 0.05) is 4.91 Å². The van der Waals surface area contributed by atoms with Crippen molar-refractivity contribution < 1.29 is 14.6 Å². The predicted molar refractivity (Wildman–Crippen MR) is 53.8 cm³/mol. The first-order valence-electron chi connectivity index (χ1n) is 3.76. The Labute approximate surface area is 89.7 Å². The van der Waals surface area contributed by atoms with Gasteiger partial charge in [-0.3, -0.25) is 0 Å². The summed E-state index contributed by atoms with van der Waals surface area (Å²) in [6, 6.07) is 2.44. The summed E-state index contributed by atoms with van der Waals surface area (Å²) in [6.45, 7) is 0. The molecule has 7 heteroatoms. The quantitative estimate of drug-likeness (QED) is 0.488. The van der Waals surface area contributed by atoms with E-state index in [4.69, 9.17) is 27.0 Å². The van der Waals surface area contributed by atoms with E-state index in [0.29, 0.717) is 0 Å². The van der Waals surface area contributed by atoms with E-state index in [1.54, 1.807) is 0 Å². The molecule has 1 rings (SSSR count). The molecule has 0 radical (unpaired) electrons. The first-order valence-corrected chi connectivity index (χ1v) is 4.14. The van der Waals surface area contributed by atoms with Crippen molar-refractivity contribution >= 4 is 23.3 Å². The van der Waals surface area contributed by atoms with E-state index in [0.717, 1.165) is 0 Å². The number of carboxylic acid groups (broad SMARTS) is 1. The van der Waals surface area contributed by atoms with Gasteiger partial charge < -0.3 is 9.84 Å². The van der Waals surface area contributed by atoms with Gasteiger partial charge in [-0.25, -0.2) is 4.79 Å². The second kappa shape index (κ2) is 4.54. The number of ether oxygens (including phenoxy) is 1. The molecule has 1 N–H and O–H groups in total. The van der Waals surface area contributed by atoms with Crippen LogP contribution in [-0.4, -0.2) is 18.2 Å².